The van der Waals surface area contributed by atoms with Crippen LogP contribution < -0.4 is 0 Å². The van der Waals surface area contributed by atoms with Gasteiger partial charge in [0.1, 0.15) is 5.78 Å². The molecule has 0 fully saturated rings. The summed E-state index contributed by atoms with van der Waals surface area (Å²) in [6, 6.07) is 8.25. The molecule has 0 aromatic heterocycles. The Hall–Kier alpha value is -1.19. The smallest absolute Gasteiger partial charge is 0.149 e. The van der Waals surface area contributed by atoms with Crippen LogP contribution in [0.2, 0.25) is 0 Å². The van der Waals surface area contributed by atoms with Crippen LogP contribution in [0.4, 0.5) is 0 Å². The largest absolute Gasteiger partial charge is 0.373 e. The van der Waals surface area contributed by atoms with E-state index in [2.05, 4.69) is 12.1 Å². The molecule has 1 aliphatic heterocycles. The minimum absolute atomic E-state index is 0.0487. The molecule has 1 aromatic rings. The molecule has 0 radical (unpaired) electrons. The van der Waals surface area contributed by atoms with Crippen molar-refractivity contribution in [2.24, 2.45) is 0 Å². The van der Waals surface area contributed by atoms with Gasteiger partial charge in [0.2, 0.25) is 0 Å². The van der Waals surface area contributed by atoms with Crippen molar-refractivity contribution >= 4 is 5.78 Å². The lowest BCUT2D eigenvalue weighted by Crippen LogP contribution is -2.25. The molecule has 0 bridgehead atoms. The molecule has 3 heteroatoms. The number of rotatable bonds is 4. The van der Waals surface area contributed by atoms with Gasteiger partial charge < -0.3 is 9.64 Å². The molecule has 1 heterocycles. The minimum atomic E-state index is -0.0487. The average Bonchev–Trinajstić information content (AvgIpc) is 2.28. The van der Waals surface area contributed by atoms with Crippen molar-refractivity contribution in [2.45, 2.75) is 18.9 Å². The minimum Gasteiger partial charge on any atom is -0.373 e. The fraction of sp³-hybridized carbons (Fsp3) is 0.500. The molecule has 2 rings (SSSR count). The molecule has 3 nitrogen and oxygen atoms in total. The maximum atomic E-state index is 11.8. The Bertz CT molecular complexity index is 401. The summed E-state index contributed by atoms with van der Waals surface area (Å²) < 4.78 is 5.72. The topological polar surface area (TPSA) is 29.5 Å². The van der Waals surface area contributed by atoms with Gasteiger partial charge in [-0.15, -0.1) is 0 Å². The van der Waals surface area contributed by atoms with Crippen LogP contribution in [0.5, 0.6) is 0 Å². The highest BCUT2D eigenvalue weighted by molar-refractivity contribution is 5.81. The van der Waals surface area contributed by atoms with Gasteiger partial charge in [-0.2, -0.15) is 0 Å². The monoisotopic (exact) mass is 233 g/mol. The first-order valence-electron chi connectivity index (χ1n) is 6.02. The third kappa shape index (κ3) is 3.14. The molecule has 0 N–H and O–H groups in total. The summed E-state index contributed by atoms with van der Waals surface area (Å²) in [5.41, 5.74) is 2.51. The summed E-state index contributed by atoms with van der Waals surface area (Å²) in [7, 11) is 3.82. The molecule has 1 atom stereocenters. The molecule has 17 heavy (non-hydrogen) atoms. The number of benzene rings is 1. The number of carbonyl (C=O) groups excluding carboxylic acids is 1. The number of ketones is 1. The van der Waals surface area contributed by atoms with E-state index in [9.17, 15) is 4.79 Å². The van der Waals surface area contributed by atoms with Crippen LogP contribution in [0, 0.1) is 0 Å². The predicted octanol–water partition coefficient (Wildman–Crippen LogP) is 1.82. The van der Waals surface area contributed by atoms with Gasteiger partial charge in [-0.3, -0.25) is 4.79 Å². The third-order valence-electron chi connectivity index (χ3n) is 3.00. The number of ether oxygens (including phenoxy) is 1. The zero-order valence-electron chi connectivity index (χ0n) is 10.5. The van der Waals surface area contributed by atoms with E-state index in [4.69, 9.17) is 4.74 Å². The summed E-state index contributed by atoms with van der Waals surface area (Å²) in [5.74, 6) is 0.233. The number of Topliss-reactive ketones (excluding diaryl/α,β-unsaturated/α-hetero) is 1. The molecular formula is C14H19NO2. The molecular weight excluding hydrogens is 214 g/mol. The predicted molar refractivity (Wildman–Crippen MR) is 67.0 cm³/mol. The third-order valence-corrected chi connectivity index (χ3v) is 3.00. The lowest BCUT2D eigenvalue weighted by atomic mass is 9.94. The summed E-state index contributed by atoms with van der Waals surface area (Å²) >= 11 is 0. The first-order valence-corrected chi connectivity index (χ1v) is 6.02. The molecule has 92 valence electrons. The second-order valence-electron chi connectivity index (χ2n) is 4.79. The molecule has 0 spiro atoms. The number of hydrogen-bond donors (Lipinski definition) is 0. The van der Waals surface area contributed by atoms with Crippen LogP contribution in [0.1, 0.15) is 23.7 Å². The van der Waals surface area contributed by atoms with E-state index in [0.717, 1.165) is 13.0 Å². The average molecular weight is 233 g/mol. The fourth-order valence-corrected chi connectivity index (χ4v) is 2.27. The number of fused-ring (bicyclic) bond motifs is 1. The van der Waals surface area contributed by atoms with Gasteiger partial charge in [0.25, 0.3) is 0 Å². The van der Waals surface area contributed by atoms with Gasteiger partial charge in [-0.1, -0.05) is 24.3 Å². The van der Waals surface area contributed by atoms with Crippen LogP contribution in [0.15, 0.2) is 24.3 Å². The van der Waals surface area contributed by atoms with E-state index >= 15 is 0 Å². The van der Waals surface area contributed by atoms with Crippen molar-refractivity contribution in [2.75, 3.05) is 27.2 Å². The number of hydrogen-bond acceptors (Lipinski definition) is 3. The molecule has 0 saturated carbocycles. The van der Waals surface area contributed by atoms with Crippen molar-refractivity contribution in [3.8, 4) is 0 Å². The van der Waals surface area contributed by atoms with Crippen LogP contribution in [0.25, 0.3) is 0 Å². The van der Waals surface area contributed by atoms with Crippen LogP contribution >= 0.6 is 0 Å². The van der Waals surface area contributed by atoms with Gasteiger partial charge in [-0.05, 0) is 31.6 Å². The maximum absolute atomic E-state index is 11.8. The van der Waals surface area contributed by atoms with Crippen molar-refractivity contribution in [3.63, 3.8) is 0 Å². The second kappa shape index (κ2) is 5.43. The summed E-state index contributed by atoms with van der Waals surface area (Å²) in [6.45, 7) is 1.21. The molecule has 0 aliphatic carbocycles. The summed E-state index contributed by atoms with van der Waals surface area (Å²) in [4.78, 5) is 13.7. The van der Waals surface area contributed by atoms with Gasteiger partial charge in [-0.25, -0.2) is 0 Å². The molecule has 0 amide bonds. The zero-order chi connectivity index (χ0) is 12.3. The molecule has 0 saturated heterocycles. The Morgan fingerprint density at radius 2 is 2.18 bits per heavy atom. The van der Waals surface area contributed by atoms with E-state index < -0.39 is 0 Å². The molecule has 1 aromatic carbocycles. The van der Waals surface area contributed by atoms with Gasteiger partial charge in [0, 0.05) is 6.42 Å². The van der Waals surface area contributed by atoms with Crippen molar-refractivity contribution < 1.29 is 9.53 Å². The SMILES string of the molecule is CN(C)CC(=O)CC1OCCc2ccccc21. The number of carbonyl (C=O) groups is 1. The van der Waals surface area contributed by atoms with E-state index in [0.29, 0.717) is 13.0 Å². The van der Waals surface area contributed by atoms with Crippen molar-refractivity contribution in [1.82, 2.24) is 4.90 Å². The normalized spacial score (nSPS) is 19.1. The van der Waals surface area contributed by atoms with Gasteiger partial charge in [0.05, 0.1) is 19.3 Å². The Balaban J connectivity index is 2.06. The summed E-state index contributed by atoms with van der Waals surface area (Å²) in [5, 5.41) is 0. The lowest BCUT2D eigenvalue weighted by molar-refractivity contribution is -0.122. The van der Waals surface area contributed by atoms with E-state index in [1.165, 1.54) is 11.1 Å². The van der Waals surface area contributed by atoms with Crippen LogP contribution in [-0.4, -0.2) is 37.9 Å². The van der Waals surface area contributed by atoms with Gasteiger partial charge in [0.15, 0.2) is 0 Å². The zero-order valence-corrected chi connectivity index (χ0v) is 10.5. The maximum Gasteiger partial charge on any atom is 0.149 e. The Morgan fingerprint density at radius 1 is 1.41 bits per heavy atom. The Morgan fingerprint density at radius 3 is 2.94 bits per heavy atom. The molecule has 1 unspecified atom stereocenters. The van der Waals surface area contributed by atoms with Crippen molar-refractivity contribution in [1.29, 1.82) is 0 Å². The fourth-order valence-electron chi connectivity index (χ4n) is 2.27. The second-order valence-corrected chi connectivity index (χ2v) is 4.79. The highest BCUT2D eigenvalue weighted by atomic mass is 16.5. The highest BCUT2D eigenvalue weighted by Crippen LogP contribution is 2.29. The quantitative estimate of drug-likeness (QED) is 0.794. The summed E-state index contributed by atoms with van der Waals surface area (Å²) in [6.07, 6.45) is 1.39. The number of nitrogens with zero attached hydrogens (tertiary/aromatic N) is 1. The van der Waals surface area contributed by atoms with E-state index in [-0.39, 0.29) is 11.9 Å². The van der Waals surface area contributed by atoms with Gasteiger partial charge >= 0.3 is 0 Å². The first kappa shape index (κ1) is 12.3. The Kier molecular flexibility index (Phi) is 3.92. The Labute approximate surface area is 102 Å². The highest BCUT2D eigenvalue weighted by Gasteiger charge is 2.22. The standard InChI is InChI=1S/C14H19NO2/c1-15(2)10-12(16)9-14-13-6-4-3-5-11(13)7-8-17-14/h3-6,14H,7-10H2,1-2H3. The van der Waals surface area contributed by atoms with Crippen molar-refractivity contribution in [3.05, 3.63) is 35.4 Å². The number of likely N-dealkylation sites (N-methyl/N-ethyl adjacent to an activating group) is 1. The lowest BCUT2D eigenvalue weighted by Gasteiger charge is -2.25. The van der Waals surface area contributed by atoms with Crippen LogP contribution in [0.3, 0.4) is 0 Å². The van der Waals surface area contributed by atoms with E-state index in [1.807, 2.05) is 31.1 Å². The first-order chi connectivity index (χ1) is 8.16. The molecule has 1 aliphatic rings. The van der Waals surface area contributed by atoms with Crippen LogP contribution in [-0.2, 0) is 16.0 Å². The van der Waals surface area contributed by atoms with E-state index in [1.54, 1.807) is 0 Å².